The summed E-state index contributed by atoms with van der Waals surface area (Å²) >= 11 is 5.83. The van der Waals surface area contributed by atoms with Gasteiger partial charge in [-0.05, 0) is 17.7 Å². The zero-order chi connectivity index (χ0) is 12.4. The number of benzene rings is 1. The molecule has 1 aromatic carbocycles. The van der Waals surface area contributed by atoms with Crippen LogP contribution in [-0.2, 0) is 6.54 Å². The van der Waals surface area contributed by atoms with Crippen molar-refractivity contribution in [2.24, 2.45) is 0 Å². The van der Waals surface area contributed by atoms with E-state index < -0.39 is 0 Å². The Kier molecular flexibility index (Phi) is 3.38. The van der Waals surface area contributed by atoms with Crippen molar-refractivity contribution < 1.29 is 4.79 Å². The predicted octanol–water partition coefficient (Wildman–Crippen LogP) is 3.11. The number of rotatable bonds is 2. The summed E-state index contributed by atoms with van der Waals surface area (Å²) in [4.78, 5) is 15.4. The van der Waals surface area contributed by atoms with Crippen LogP contribution in [0.25, 0.3) is 0 Å². The van der Waals surface area contributed by atoms with Crippen molar-refractivity contribution in [2.45, 2.75) is 13.0 Å². The lowest BCUT2D eigenvalue weighted by Crippen LogP contribution is -2.45. The number of amides is 2. The molecule has 0 atom stereocenters. The molecular weight excluding hydrogens is 236 g/mol. The molecule has 2 amide bonds. The Morgan fingerprint density at radius 3 is 2.65 bits per heavy atom. The second-order valence-electron chi connectivity index (χ2n) is 4.21. The van der Waals surface area contributed by atoms with Gasteiger partial charge in [-0.15, -0.1) is 0 Å². The highest BCUT2D eigenvalue weighted by atomic mass is 35.5. The van der Waals surface area contributed by atoms with E-state index in [1.54, 1.807) is 11.9 Å². The molecule has 1 aliphatic rings. The Hall–Kier alpha value is -1.48. The van der Waals surface area contributed by atoms with E-state index in [4.69, 9.17) is 11.6 Å². The average Bonchev–Trinajstić information content (AvgIpc) is 2.33. The molecule has 0 N–H and O–H groups in total. The molecule has 0 aromatic heterocycles. The standard InChI is InChI=1S/C13H15ClN2O/c1-10-7-8-16(13(17)15(10)2)9-11-3-5-12(14)6-4-11/h3-6H,1,7-9H2,2H3. The van der Waals surface area contributed by atoms with Gasteiger partial charge in [0.15, 0.2) is 0 Å². The van der Waals surface area contributed by atoms with Gasteiger partial charge in [0.1, 0.15) is 0 Å². The van der Waals surface area contributed by atoms with Crippen molar-refractivity contribution in [2.75, 3.05) is 13.6 Å². The maximum Gasteiger partial charge on any atom is 0.324 e. The number of carbonyl (C=O) groups is 1. The van der Waals surface area contributed by atoms with Crippen LogP contribution in [0.15, 0.2) is 36.5 Å². The minimum atomic E-state index is 0.0104. The van der Waals surface area contributed by atoms with E-state index in [2.05, 4.69) is 6.58 Å². The van der Waals surface area contributed by atoms with Crippen LogP contribution in [0, 0.1) is 0 Å². The van der Waals surface area contributed by atoms with Crippen molar-refractivity contribution in [1.29, 1.82) is 0 Å². The maximum atomic E-state index is 12.0. The molecule has 1 heterocycles. The number of halogens is 1. The van der Waals surface area contributed by atoms with E-state index in [0.29, 0.717) is 11.6 Å². The number of urea groups is 1. The molecule has 17 heavy (non-hydrogen) atoms. The molecule has 3 nitrogen and oxygen atoms in total. The highest BCUT2D eigenvalue weighted by Gasteiger charge is 2.25. The van der Waals surface area contributed by atoms with Crippen LogP contribution in [0.4, 0.5) is 4.79 Å². The van der Waals surface area contributed by atoms with E-state index in [-0.39, 0.29) is 6.03 Å². The molecule has 1 fully saturated rings. The predicted molar refractivity (Wildman–Crippen MR) is 68.8 cm³/mol. The van der Waals surface area contributed by atoms with Gasteiger partial charge in [0.25, 0.3) is 0 Å². The second-order valence-corrected chi connectivity index (χ2v) is 4.64. The third kappa shape index (κ3) is 2.61. The molecule has 4 heteroatoms. The summed E-state index contributed by atoms with van der Waals surface area (Å²) in [7, 11) is 1.76. The van der Waals surface area contributed by atoms with E-state index >= 15 is 0 Å². The fourth-order valence-electron chi connectivity index (χ4n) is 1.83. The summed E-state index contributed by atoms with van der Waals surface area (Å²) in [6, 6.07) is 7.58. The molecule has 1 saturated heterocycles. The van der Waals surface area contributed by atoms with Gasteiger partial charge in [0, 0.05) is 37.3 Å². The summed E-state index contributed by atoms with van der Waals surface area (Å²) < 4.78 is 0. The van der Waals surface area contributed by atoms with Crippen LogP contribution < -0.4 is 0 Å². The lowest BCUT2D eigenvalue weighted by atomic mass is 10.2. The van der Waals surface area contributed by atoms with Gasteiger partial charge in [0.05, 0.1) is 0 Å². The Balaban J connectivity index is 2.06. The SMILES string of the molecule is C=C1CCN(Cc2ccc(Cl)cc2)C(=O)N1C. The van der Waals surface area contributed by atoms with E-state index in [9.17, 15) is 4.79 Å². The Morgan fingerprint density at radius 1 is 1.35 bits per heavy atom. The van der Waals surface area contributed by atoms with E-state index in [1.807, 2.05) is 29.2 Å². The first-order valence-corrected chi connectivity index (χ1v) is 5.90. The summed E-state index contributed by atoms with van der Waals surface area (Å²) in [6.07, 6.45) is 0.829. The van der Waals surface area contributed by atoms with Gasteiger partial charge in [-0.25, -0.2) is 4.79 Å². The van der Waals surface area contributed by atoms with Crippen LogP contribution in [0.1, 0.15) is 12.0 Å². The van der Waals surface area contributed by atoms with E-state index in [1.165, 1.54) is 0 Å². The van der Waals surface area contributed by atoms with Crippen molar-refractivity contribution in [3.05, 3.63) is 47.1 Å². The first-order valence-electron chi connectivity index (χ1n) is 5.53. The molecule has 2 rings (SSSR count). The second kappa shape index (κ2) is 4.80. The fourth-order valence-corrected chi connectivity index (χ4v) is 1.96. The van der Waals surface area contributed by atoms with Gasteiger partial charge in [0.2, 0.25) is 0 Å². The fraction of sp³-hybridized carbons (Fsp3) is 0.308. The van der Waals surface area contributed by atoms with Crippen LogP contribution in [0.5, 0.6) is 0 Å². The Labute approximate surface area is 106 Å². The van der Waals surface area contributed by atoms with Gasteiger partial charge in [-0.2, -0.15) is 0 Å². The zero-order valence-electron chi connectivity index (χ0n) is 9.82. The van der Waals surface area contributed by atoms with Gasteiger partial charge in [-0.1, -0.05) is 30.3 Å². The summed E-state index contributed by atoms with van der Waals surface area (Å²) in [5, 5.41) is 0.712. The van der Waals surface area contributed by atoms with E-state index in [0.717, 1.165) is 24.2 Å². The Morgan fingerprint density at radius 2 is 2.00 bits per heavy atom. The van der Waals surface area contributed by atoms with Crippen LogP contribution in [0.3, 0.4) is 0 Å². The summed E-state index contributed by atoms with van der Waals surface area (Å²) in [5.74, 6) is 0. The molecule has 1 aromatic rings. The minimum absolute atomic E-state index is 0.0104. The first kappa shape index (κ1) is 12.0. The average molecular weight is 251 g/mol. The third-order valence-electron chi connectivity index (χ3n) is 2.99. The Bertz CT molecular complexity index is 441. The van der Waals surface area contributed by atoms with Gasteiger partial charge in [-0.3, -0.25) is 0 Å². The van der Waals surface area contributed by atoms with Crippen LogP contribution in [-0.4, -0.2) is 29.4 Å². The highest BCUT2D eigenvalue weighted by Crippen LogP contribution is 2.19. The molecule has 0 radical (unpaired) electrons. The number of carbonyl (C=O) groups excluding carboxylic acids is 1. The molecule has 0 unspecified atom stereocenters. The van der Waals surface area contributed by atoms with Crippen molar-refractivity contribution >= 4 is 17.6 Å². The monoisotopic (exact) mass is 250 g/mol. The van der Waals surface area contributed by atoms with Crippen molar-refractivity contribution in [3.63, 3.8) is 0 Å². The topological polar surface area (TPSA) is 23.6 Å². The molecule has 1 aliphatic heterocycles. The molecule has 0 saturated carbocycles. The van der Waals surface area contributed by atoms with Crippen LogP contribution in [0.2, 0.25) is 5.02 Å². The lowest BCUT2D eigenvalue weighted by molar-refractivity contribution is 0.155. The van der Waals surface area contributed by atoms with Crippen LogP contribution >= 0.6 is 11.6 Å². The van der Waals surface area contributed by atoms with Gasteiger partial charge >= 0.3 is 6.03 Å². The zero-order valence-corrected chi connectivity index (χ0v) is 10.6. The normalized spacial score (nSPS) is 16.6. The van der Waals surface area contributed by atoms with Gasteiger partial charge < -0.3 is 9.80 Å². The highest BCUT2D eigenvalue weighted by molar-refractivity contribution is 6.30. The molecular formula is C13H15ClN2O. The van der Waals surface area contributed by atoms with Crippen molar-refractivity contribution in [1.82, 2.24) is 9.80 Å². The summed E-state index contributed by atoms with van der Waals surface area (Å²) in [6.45, 7) is 5.21. The lowest BCUT2D eigenvalue weighted by Gasteiger charge is -2.34. The third-order valence-corrected chi connectivity index (χ3v) is 3.24. The summed E-state index contributed by atoms with van der Waals surface area (Å²) in [5.41, 5.74) is 1.96. The molecule has 0 bridgehead atoms. The minimum Gasteiger partial charge on any atom is -0.320 e. The molecule has 90 valence electrons. The molecule has 0 aliphatic carbocycles. The van der Waals surface area contributed by atoms with Crippen molar-refractivity contribution in [3.8, 4) is 0 Å². The number of nitrogens with zero attached hydrogens (tertiary/aromatic N) is 2. The molecule has 0 spiro atoms. The maximum absolute atomic E-state index is 12.0. The number of hydrogen-bond acceptors (Lipinski definition) is 1. The first-order chi connectivity index (χ1) is 8.08. The smallest absolute Gasteiger partial charge is 0.320 e. The quantitative estimate of drug-likeness (QED) is 0.791. The number of hydrogen-bond donors (Lipinski definition) is 0. The largest absolute Gasteiger partial charge is 0.324 e.